The molecule has 2 aliphatic rings. The second kappa shape index (κ2) is 6.45. The van der Waals surface area contributed by atoms with Crippen molar-refractivity contribution in [2.75, 3.05) is 13.1 Å². The van der Waals surface area contributed by atoms with Crippen LogP contribution in [0.1, 0.15) is 44.6 Å². The zero-order valence-electron chi connectivity index (χ0n) is 12.7. The summed E-state index contributed by atoms with van der Waals surface area (Å²) >= 11 is 12.4. The molecule has 0 bridgehead atoms. The Kier molecular flexibility index (Phi) is 4.80. The van der Waals surface area contributed by atoms with Crippen molar-refractivity contribution in [1.29, 1.82) is 0 Å². The SMILES string of the molecule is CCC1CN(Cc2ccc(Cl)cc2Cl)C2(CCCC2)CN1. The summed E-state index contributed by atoms with van der Waals surface area (Å²) in [6, 6.07) is 6.49. The van der Waals surface area contributed by atoms with Crippen LogP contribution < -0.4 is 5.32 Å². The number of benzene rings is 1. The molecule has 1 saturated heterocycles. The fraction of sp³-hybridized carbons (Fsp3) is 0.647. The Morgan fingerprint density at radius 3 is 2.71 bits per heavy atom. The molecule has 1 N–H and O–H groups in total. The summed E-state index contributed by atoms with van der Waals surface area (Å²) in [6.07, 6.45) is 6.50. The van der Waals surface area contributed by atoms with E-state index in [0.29, 0.717) is 16.6 Å². The van der Waals surface area contributed by atoms with Crippen LogP contribution in [0.5, 0.6) is 0 Å². The van der Waals surface area contributed by atoms with Crippen LogP contribution in [0.2, 0.25) is 10.0 Å². The van der Waals surface area contributed by atoms with E-state index in [-0.39, 0.29) is 0 Å². The van der Waals surface area contributed by atoms with E-state index in [2.05, 4.69) is 23.2 Å². The lowest BCUT2D eigenvalue weighted by atomic mass is 9.90. The maximum Gasteiger partial charge on any atom is 0.0465 e. The van der Waals surface area contributed by atoms with Crippen molar-refractivity contribution in [3.63, 3.8) is 0 Å². The highest BCUT2D eigenvalue weighted by Gasteiger charge is 2.43. The van der Waals surface area contributed by atoms with Gasteiger partial charge >= 0.3 is 0 Å². The van der Waals surface area contributed by atoms with E-state index in [1.54, 1.807) is 0 Å². The molecule has 116 valence electrons. The topological polar surface area (TPSA) is 15.3 Å². The van der Waals surface area contributed by atoms with Gasteiger partial charge in [-0.15, -0.1) is 0 Å². The van der Waals surface area contributed by atoms with E-state index in [1.807, 2.05) is 12.1 Å². The maximum atomic E-state index is 6.39. The second-order valence-corrected chi connectivity index (χ2v) is 7.38. The van der Waals surface area contributed by atoms with E-state index in [9.17, 15) is 0 Å². The molecular formula is C17H24Cl2N2. The molecule has 3 rings (SSSR count). The normalized spacial score (nSPS) is 25.6. The lowest BCUT2D eigenvalue weighted by Crippen LogP contribution is -2.62. The van der Waals surface area contributed by atoms with Gasteiger partial charge in [0.05, 0.1) is 0 Å². The smallest absolute Gasteiger partial charge is 0.0465 e. The van der Waals surface area contributed by atoms with Gasteiger partial charge in [-0.25, -0.2) is 0 Å². The molecule has 2 nitrogen and oxygen atoms in total. The number of hydrogen-bond donors (Lipinski definition) is 1. The quantitative estimate of drug-likeness (QED) is 0.880. The Morgan fingerprint density at radius 2 is 2.05 bits per heavy atom. The summed E-state index contributed by atoms with van der Waals surface area (Å²) in [6.45, 7) is 5.44. The van der Waals surface area contributed by atoms with Crippen molar-refractivity contribution in [3.8, 4) is 0 Å². The minimum absolute atomic E-state index is 0.342. The largest absolute Gasteiger partial charge is 0.311 e. The van der Waals surface area contributed by atoms with E-state index in [4.69, 9.17) is 23.2 Å². The molecule has 1 aromatic carbocycles. The second-order valence-electron chi connectivity index (χ2n) is 6.53. The van der Waals surface area contributed by atoms with Crippen LogP contribution in [-0.2, 0) is 6.54 Å². The van der Waals surface area contributed by atoms with Crippen LogP contribution in [0, 0.1) is 0 Å². The van der Waals surface area contributed by atoms with Gasteiger partial charge < -0.3 is 5.32 Å². The molecular weight excluding hydrogens is 303 g/mol. The van der Waals surface area contributed by atoms with Gasteiger partial charge in [-0.05, 0) is 37.0 Å². The number of halogens is 2. The van der Waals surface area contributed by atoms with E-state index in [1.165, 1.54) is 37.7 Å². The first-order valence-electron chi connectivity index (χ1n) is 8.05. The molecule has 1 saturated carbocycles. The Balaban J connectivity index is 1.81. The third kappa shape index (κ3) is 3.24. The predicted octanol–water partition coefficient (Wildman–Crippen LogP) is 4.49. The molecule has 1 aliphatic heterocycles. The third-order valence-electron chi connectivity index (χ3n) is 5.23. The van der Waals surface area contributed by atoms with Crippen LogP contribution in [0.3, 0.4) is 0 Å². The first kappa shape index (κ1) is 15.6. The number of nitrogens with one attached hydrogen (secondary N) is 1. The molecule has 0 radical (unpaired) electrons. The summed E-state index contributed by atoms with van der Waals surface area (Å²) in [5.74, 6) is 0. The Hall–Kier alpha value is -0.280. The van der Waals surface area contributed by atoms with Gasteiger partial charge in [-0.1, -0.05) is 49.0 Å². The average Bonchev–Trinajstić information content (AvgIpc) is 2.94. The van der Waals surface area contributed by atoms with Gasteiger partial charge in [-0.3, -0.25) is 4.90 Å². The first-order chi connectivity index (χ1) is 10.1. The summed E-state index contributed by atoms with van der Waals surface area (Å²) < 4.78 is 0. The molecule has 0 aromatic heterocycles. The molecule has 4 heteroatoms. The van der Waals surface area contributed by atoms with Gasteiger partial charge in [-0.2, -0.15) is 0 Å². The molecule has 21 heavy (non-hydrogen) atoms. The van der Waals surface area contributed by atoms with Crippen molar-refractivity contribution in [2.45, 2.75) is 57.2 Å². The summed E-state index contributed by atoms with van der Waals surface area (Å²) in [5.41, 5.74) is 1.54. The monoisotopic (exact) mass is 326 g/mol. The highest BCUT2D eigenvalue weighted by Crippen LogP contribution is 2.38. The van der Waals surface area contributed by atoms with Gasteiger partial charge in [0.15, 0.2) is 0 Å². The van der Waals surface area contributed by atoms with Crippen LogP contribution in [0.25, 0.3) is 0 Å². The Labute approximate surface area is 137 Å². The predicted molar refractivity (Wildman–Crippen MR) is 90.2 cm³/mol. The van der Waals surface area contributed by atoms with Crippen molar-refractivity contribution in [3.05, 3.63) is 33.8 Å². The molecule has 2 fully saturated rings. The number of piperazine rings is 1. The molecule has 1 spiro atoms. The highest BCUT2D eigenvalue weighted by atomic mass is 35.5. The zero-order valence-corrected chi connectivity index (χ0v) is 14.2. The fourth-order valence-electron chi connectivity index (χ4n) is 3.86. The fourth-order valence-corrected chi connectivity index (χ4v) is 4.33. The van der Waals surface area contributed by atoms with Crippen molar-refractivity contribution in [1.82, 2.24) is 10.2 Å². The van der Waals surface area contributed by atoms with Crippen LogP contribution in [0.4, 0.5) is 0 Å². The molecule has 1 heterocycles. The van der Waals surface area contributed by atoms with Gasteiger partial charge in [0.2, 0.25) is 0 Å². The van der Waals surface area contributed by atoms with Crippen molar-refractivity contribution >= 4 is 23.2 Å². The zero-order chi connectivity index (χ0) is 14.9. The van der Waals surface area contributed by atoms with Crippen LogP contribution >= 0.6 is 23.2 Å². The maximum absolute atomic E-state index is 6.39. The summed E-state index contributed by atoms with van der Waals surface area (Å²) in [4.78, 5) is 2.68. The lowest BCUT2D eigenvalue weighted by molar-refractivity contribution is 0.0349. The molecule has 1 atom stereocenters. The number of nitrogens with zero attached hydrogens (tertiary/aromatic N) is 1. The lowest BCUT2D eigenvalue weighted by Gasteiger charge is -2.48. The molecule has 1 unspecified atom stereocenters. The van der Waals surface area contributed by atoms with E-state index < -0.39 is 0 Å². The Morgan fingerprint density at radius 1 is 1.29 bits per heavy atom. The van der Waals surface area contributed by atoms with Gasteiger partial charge in [0, 0.05) is 41.3 Å². The summed E-state index contributed by atoms with van der Waals surface area (Å²) in [7, 11) is 0. The number of hydrogen-bond acceptors (Lipinski definition) is 2. The molecule has 1 aliphatic carbocycles. The minimum Gasteiger partial charge on any atom is -0.311 e. The van der Waals surface area contributed by atoms with Crippen molar-refractivity contribution < 1.29 is 0 Å². The molecule has 1 aromatic rings. The third-order valence-corrected chi connectivity index (χ3v) is 5.82. The van der Waals surface area contributed by atoms with Crippen LogP contribution in [-0.4, -0.2) is 29.6 Å². The molecule has 0 amide bonds. The minimum atomic E-state index is 0.342. The van der Waals surface area contributed by atoms with E-state index in [0.717, 1.165) is 24.7 Å². The number of rotatable bonds is 3. The standard InChI is InChI=1S/C17H24Cl2N2/c1-2-15-11-21(17(12-20-15)7-3-4-8-17)10-13-5-6-14(18)9-16(13)19/h5-6,9,15,20H,2-4,7-8,10-12H2,1H3. The highest BCUT2D eigenvalue weighted by molar-refractivity contribution is 6.35. The average molecular weight is 327 g/mol. The summed E-state index contributed by atoms with van der Waals surface area (Å²) in [5, 5.41) is 5.25. The van der Waals surface area contributed by atoms with Gasteiger partial charge in [0.25, 0.3) is 0 Å². The van der Waals surface area contributed by atoms with Crippen LogP contribution in [0.15, 0.2) is 18.2 Å². The van der Waals surface area contributed by atoms with E-state index >= 15 is 0 Å². The Bertz CT molecular complexity index is 498. The van der Waals surface area contributed by atoms with Crippen molar-refractivity contribution in [2.24, 2.45) is 0 Å². The first-order valence-corrected chi connectivity index (χ1v) is 8.81. The van der Waals surface area contributed by atoms with Gasteiger partial charge in [0.1, 0.15) is 0 Å².